The minimum absolute atomic E-state index is 0.133. The molecule has 0 aliphatic heterocycles. The van der Waals surface area contributed by atoms with Crippen LogP contribution in [0.25, 0.3) is 5.65 Å². The highest BCUT2D eigenvalue weighted by Gasteiger charge is 2.14. The molecule has 0 spiro atoms. The van der Waals surface area contributed by atoms with Crippen LogP contribution in [0, 0.1) is 12.7 Å². The van der Waals surface area contributed by atoms with Crippen molar-refractivity contribution in [2.75, 3.05) is 5.32 Å². The Hall–Kier alpha value is -3.98. The molecule has 0 fully saturated rings. The standard InChI is InChI=1S/C23H19ClFN5O3/c1-14-2-4-15(5-3-14)11-26-22(32)16-6-9-20-28-30(23(33)29(20)12-16)13-21(31)27-17-7-8-19(25)18(24)10-17/h2-10,12H,11,13H2,1H3,(H,26,32)(H,27,31). The summed E-state index contributed by atoms with van der Waals surface area (Å²) >= 11 is 5.71. The highest BCUT2D eigenvalue weighted by molar-refractivity contribution is 6.31. The van der Waals surface area contributed by atoms with Crippen molar-refractivity contribution in [1.82, 2.24) is 19.5 Å². The van der Waals surface area contributed by atoms with Gasteiger partial charge < -0.3 is 10.6 Å². The first kappa shape index (κ1) is 22.2. The van der Waals surface area contributed by atoms with E-state index in [-0.39, 0.29) is 34.4 Å². The molecule has 168 valence electrons. The van der Waals surface area contributed by atoms with E-state index in [1.54, 1.807) is 6.07 Å². The number of rotatable bonds is 6. The number of fused-ring (bicyclic) bond motifs is 1. The van der Waals surface area contributed by atoms with Crippen LogP contribution in [0.4, 0.5) is 10.1 Å². The van der Waals surface area contributed by atoms with Gasteiger partial charge in [-0.05, 0) is 42.8 Å². The van der Waals surface area contributed by atoms with Crippen LogP contribution in [-0.2, 0) is 17.9 Å². The van der Waals surface area contributed by atoms with Gasteiger partial charge in [-0.3, -0.25) is 9.59 Å². The van der Waals surface area contributed by atoms with Crippen molar-refractivity contribution in [3.8, 4) is 0 Å². The largest absolute Gasteiger partial charge is 0.350 e. The maximum absolute atomic E-state index is 13.3. The summed E-state index contributed by atoms with van der Waals surface area (Å²) in [5.41, 5.74) is 2.35. The van der Waals surface area contributed by atoms with E-state index in [1.807, 2.05) is 31.2 Å². The maximum Gasteiger partial charge on any atom is 0.350 e. The third kappa shape index (κ3) is 5.09. The normalized spacial score (nSPS) is 10.9. The monoisotopic (exact) mass is 467 g/mol. The third-order valence-corrected chi connectivity index (χ3v) is 5.20. The van der Waals surface area contributed by atoms with Gasteiger partial charge in [0.2, 0.25) is 5.91 Å². The lowest BCUT2D eigenvalue weighted by Gasteiger charge is -2.06. The average molecular weight is 468 g/mol. The number of carbonyl (C=O) groups excluding carboxylic acids is 2. The summed E-state index contributed by atoms with van der Waals surface area (Å²) in [7, 11) is 0. The Morgan fingerprint density at radius 1 is 1.09 bits per heavy atom. The number of hydrogen-bond donors (Lipinski definition) is 2. The molecule has 0 unspecified atom stereocenters. The van der Waals surface area contributed by atoms with Gasteiger partial charge >= 0.3 is 5.69 Å². The lowest BCUT2D eigenvalue weighted by Crippen LogP contribution is -2.28. The summed E-state index contributed by atoms with van der Waals surface area (Å²) in [5.74, 6) is -1.49. The van der Waals surface area contributed by atoms with Crippen molar-refractivity contribution in [2.45, 2.75) is 20.0 Å². The molecule has 4 rings (SSSR count). The number of nitrogens with zero attached hydrogens (tertiary/aromatic N) is 3. The molecule has 8 nitrogen and oxygen atoms in total. The number of hydrogen-bond acceptors (Lipinski definition) is 4. The number of carbonyl (C=O) groups is 2. The maximum atomic E-state index is 13.3. The van der Waals surface area contributed by atoms with Gasteiger partial charge in [0.15, 0.2) is 5.65 Å². The van der Waals surface area contributed by atoms with Gasteiger partial charge in [-0.25, -0.2) is 18.3 Å². The molecule has 2 aromatic carbocycles. The van der Waals surface area contributed by atoms with Crippen LogP contribution in [0.15, 0.2) is 65.6 Å². The second-order valence-corrected chi connectivity index (χ2v) is 7.84. The number of nitrogens with one attached hydrogen (secondary N) is 2. The number of amides is 2. The summed E-state index contributed by atoms with van der Waals surface area (Å²) in [6.07, 6.45) is 1.38. The third-order valence-electron chi connectivity index (χ3n) is 4.91. The van der Waals surface area contributed by atoms with Gasteiger partial charge in [0, 0.05) is 18.4 Å². The lowest BCUT2D eigenvalue weighted by atomic mass is 10.1. The second-order valence-electron chi connectivity index (χ2n) is 7.43. The molecule has 33 heavy (non-hydrogen) atoms. The molecular weight excluding hydrogens is 449 g/mol. The predicted octanol–water partition coefficient (Wildman–Crippen LogP) is 3.17. The van der Waals surface area contributed by atoms with E-state index in [0.717, 1.165) is 21.9 Å². The molecule has 0 atom stereocenters. The Morgan fingerprint density at radius 3 is 2.58 bits per heavy atom. The van der Waals surface area contributed by atoms with Crippen molar-refractivity contribution in [2.24, 2.45) is 0 Å². The number of halogens is 2. The molecule has 0 radical (unpaired) electrons. The summed E-state index contributed by atoms with van der Waals surface area (Å²) < 4.78 is 15.4. The van der Waals surface area contributed by atoms with Crippen LogP contribution in [0.3, 0.4) is 0 Å². The Labute approximate surface area is 192 Å². The molecular formula is C23H19ClFN5O3. The molecule has 0 saturated carbocycles. The van der Waals surface area contributed by atoms with Crippen molar-refractivity contribution >= 4 is 34.7 Å². The fourth-order valence-corrected chi connectivity index (χ4v) is 3.34. The summed E-state index contributed by atoms with van der Waals surface area (Å²) in [4.78, 5) is 37.5. The van der Waals surface area contributed by atoms with Crippen LogP contribution >= 0.6 is 11.6 Å². The van der Waals surface area contributed by atoms with Gasteiger partial charge in [0.25, 0.3) is 5.91 Å². The van der Waals surface area contributed by atoms with E-state index in [9.17, 15) is 18.8 Å². The van der Waals surface area contributed by atoms with E-state index < -0.39 is 17.4 Å². The van der Waals surface area contributed by atoms with E-state index in [1.165, 1.54) is 28.8 Å². The molecule has 2 amide bonds. The van der Waals surface area contributed by atoms with Crippen molar-refractivity contribution in [1.29, 1.82) is 0 Å². The number of pyridine rings is 1. The summed E-state index contributed by atoms with van der Waals surface area (Å²) in [6, 6.07) is 14.6. The zero-order valence-electron chi connectivity index (χ0n) is 17.5. The highest BCUT2D eigenvalue weighted by atomic mass is 35.5. The van der Waals surface area contributed by atoms with E-state index in [0.29, 0.717) is 6.54 Å². The number of benzene rings is 2. The molecule has 2 aromatic heterocycles. The fraction of sp³-hybridized carbons (Fsp3) is 0.130. The van der Waals surface area contributed by atoms with Crippen LogP contribution < -0.4 is 16.3 Å². The van der Waals surface area contributed by atoms with E-state index >= 15 is 0 Å². The minimum Gasteiger partial charge on any atom is -0.348 e. The smallest absolute Gasteiger partial charge is 0.348 e. The highest BCUT2D eigenvalue weighted by Crippen LogP contribution is 2.19. The second kappa shape index (κ2) is 9.25. The summed E-state index contributed by atoms with van der Waals surface area (Å²) in [5, 5.41) is 9.33. The zero-order chi connectivity index (χ0) is 23.5. The predicted molar refractivity (Wildman–Crippen MR) is 122 cm³/mol. The van der Waals surface area contributed by atoms with Gasteiger partial charge in [-0.15, -0.1) is 5.10 Å². The van der Waals surface area contributed by atoms with Gasteiger partial charge in [0.1, 0.15) is 12.4 Å². The Balaban J connectivity index is 1.46. The molecule has 2 heterocycles. The Morgan fingerprint density at radius 2 is 1.85 bits per heavy atom. The molecule has 0 aliphatic rings. The van der Waals surface area contributed by atoms with Gasteiger partial charge in [0.05, 0.1) is 10.6 Å². The number of aromatic nitrogens is 3. The molecule has 4 aromatic rings. The molecule has 2 N–H and O–H groups in total. The van der Waals surface area contributed by atoms with Crippen LogP contribution in [0.5, 0.6) is 0 Å². The van der Waals surface area contributed by atoms with Crippen molar-refractivity contribution < 1.29 is 14.0 Å². The van der Waals surface area contributed by atoms with Crippen LogP contribution in [-0.4, -0.2) is 26.0 Å². The van der Waals surface area contributed by atoms with Crippen molar-refractivity contribution in [3.63, 3.8) is 0 Å². The molecule has 0 saturated heterocycles. The van der Waals surface area contributed by atoms with E-state index in [2.05, 4.69) is 15.7 Å². The topological polar surface area (TPSA) is 97.5 Å². The van der Waals surface area contributed by atoms with Gasteiger partial charge in [-0.1, -0.05) is 41.4 Å². The average Bonchev–Trinajstić information content (AvgIpc) is 3.10. The molecule has 0 bridgehead atoms. The van der Waals surface area contributed by atoms with E-state index in [4.69, 9.17) is 11.6 Å². The molecule has 0 aliphatic carbocycles. The first-order valence-electron chi connectivity index (χ1n) is 9.98. The Kier molecular flexibility index (Phi) is 6.23. The van der Waals surface area contributed by atoms with Crippen LogP contribution in [0.1, 0.15) is 21.5 Å². The van der Waals surface area contributed by atoms with Crippen LogP contribution in [0.2, 0.25) is 5.02 Å². The fourth-order valence-electron chi connectivity index (χ4n) is 3.16. The molecule has 10 heteroatoms. The summed E-state index contributed by atoms with van der Waals surface area (Å²) in [6.45, 7) is 1.96. The zero-order valence-corrected chi connectivity index (χ0v) is 18.3. The minimum atomic E-state index is -0.607. The van der Waals surface area contributed by atoms with Gasteiger partial charge in [-0.2, -0.15) is 0 Å². The lowest BCUT2D eigenvalue weighted by molar-refractivity contribution is -0.117. The SMILES string of the molecule is Cc1ccc(CNC(=O)c2ccc3nn(CC(=O)Nc4ccc(F)c(Cl)c4)c(=O)n3c2)cc1. The Bertz CT molecular complexity index is 1410. The first-order chi connectivity index (χ1) is 15.8. The number of aryl methyl sites for hydroxylation is 1. The first-order valence-corrected chi connectivity index (χ1v) is 10.4. The quantitative estimate of drug-likeness (QED) is 0.455. The van der Waals surface area contributed by atoms with Crippen molar-refractivity contribution in [3.05, 3.63) is 98.8 Å². The number of anilines is 1.